The van der Waals surface area contributed by atoms with E-state index in [-0.39, 0.29) is 23.3 Å². The van der Waals surface area contributed by atoms with Gasteiger partial charge in [-0.15, -0.1) is 0 Å². The van der Waals surface area contributed by atoms with Crippen LogP contribution in [-0.2, 0) is 14.8 Å². The van der Waals surface area contributed by atoms with Gasteiger partial charge in [0.2, 0.25) is 10.0 Å². The van der Waals surface area contributed by atoms with Crippen LogP contribution in [0, 0.1) is 11.7 Å². The number of aliphatic carboxylic acids is 1. The van der Waals surface area contributed by atoms with E-state index in [0.29, 0.717) is 25.8 Å². The van der Waals surface area contributed by atoms with Crippen LogP contribution in [-0.4, -0.2) is 30.3 Å². The van der Waals surface area contributed by atoms with Gasteiger partial charge in [0.1, 0.15) is 5.82 Å². The van der Waals surface area contributed by atoms with E-state index in [0.717, 1.165) is 17.7 Å². The predicted molar refractivity (Wildman–Crippen MR) is 108 cm³/mol. The first-order valence-electron chi connectivity index (χ1n) is 9.59. The summed E-state index contributed by atoms with van der Waals surface area (Å²) in [4.78, 5) is 10.7. The zero-order chi connectivity index (χ0) is 20.9. The number of hydrogen-bond acceptors (Lipinski definition) is 3. The summed E-state index contributed by atoms with van der Waals surface area (Å²) in [7, 11) is -3.77. The largest absolute Gasteiger partial charge is 0.481 e. The second-order valence-corrected chi connectivity index (χ2v) is 9.00. The lowest BCUT2D eigenvalue weighted by Crippen LogP contribution is -2.32. The SMILES string of the molecule is O=C(O)CC/C=C\C[C@@H]1CCN(S(=O)(=O)c2ccc(F)cc2)[C@@H]1c1ccccc1. The zero-order valence-corrected chi connectivity index (χ0v) is 16.8. The molecule has 1 saturated heterocycles. The third-order valence-electron chi connectivity index (χ3n) is 5.17. The summed E-state index contributed by atoms with van der Waals surface area (Å²) >= 11 is 0. The van der Waals surface area contributed by atoms with E-state index in [1.807, 2.05) is 42.5 Å². The fourth-order valence-corrected chi connectivity index (χ4v) is 5.46. The van der Waals surface area contributed by atoms with Gasteiger partial charge in [-0.2, -0.15) is 4.31 Å². The molecule has 1 fully saturated rings. The predicted octanol–water partition coefficient (Wildman–Crippen LogP) is 4.39. The van der Waals surface area contributed by atoms with Crippen molar-refractivity contribution in [3.05, 3.63) is 78.1 Å². The molecule has 1 N–H and O–H groups in total. The molecule has 1 aliphatic heterocycles. The number of carbonyl (C=O) groups is 1. The van der Waals surface area contributed by atoms with Crippen molar-refractivity contribution < 1.29 is 22.7 Å². The van der Waals surface area contributed by atoms with Crippen molar-refractivity contribution in [2.75, 3.05) is 6.54 Å². The minimum atomic E-state index is -3.77. The molecule has 0 aliphatic carbocycles. The number of rotatable bonds is 8. The minimum absolute atomic E-state index is 0.0775. The topological polar surface area (TPSA) is 74.7 Å². The minimum Gasteiger partial charge on any atom is -0.481 e. The molecule has 3 rings (SSSR count). The van der Waals surface area contributed by atoms with E-state index in [1.165, 1.54) is 16.4 Å². The summed E-state index contributed by atoms with van der Waals surface area (Å²) < 4.78 is 41.3. The molecular formula is C22H24FNO4S. The molecule has 0 unspecified atom stereocenters. The van der Waals surface area contributed by atoms with Gasteiger partial charge < -0.3 is 5.11 Å². The molecule has 7 heteroatoms. The Balaban J connectivity index is 1.85. The first kappa shape index (κ1) is 21.2. The second kappa shape index (κ2) is 9.33. The lowest BCUT2D eigenvalue weighted by atomic mass is 9.91. The molecule has 2 aromatic rings. The molecule has 154 valence electrons. The Morgan fingerprint density at radius 3 is 2.45 bits per heavy atom. The Morgan fingerprint density at radius 1 is 1.10 bits per heavy atom. The molecule has 0 saturated carbocycles. The number of allylic oxidation sites excluding steroid dienone is 2. The zero-order valence-electron chi connectivity index (χ0n) is 15.9. The number of benzene rings is 2. The monoisotopic (exact) mass is 417 g/mol. The second-order valence-electron chi connectivity index (χ2n) is 7.11. The molecule has 29 heavy (non-hydrogen) atoms. The molecule has 2 aromatic carbocycles. The van der Waals surface area contributed by atoms with E-state index in [2.05, 4.69) is 0 Å². The van der Waals surface area contributed by atoms with Crippen molar-refractivity contribution >= 4 is 16.0 Å². The summed E-state index contributed by atoms with van der Waals surface area (Å²) in [5.41, 5.74) is 0.916. The van der Waals surface area contributed by atoms with Gasteiger partial charge in [-0.3, -0.25) is 4.79 Å². The number of hydrogen-bond donors (Lipinski definition) is 1. The van der Waals surface area contributed by atoms with Gasteiger partial charge in [-0.1, -0.05) is 42.5 Å². The number of carboxylic acids is 1. The Bertz CT molecular complexity index is 958. The van der Waals surface area contributed by atoms with Crippen molar-refractivity contribution in [2.24, 2.45) is 5.92 Å². The van der Waals surface area contributed by atoms with Crippen LogP contribution in [0.5, 0.6) is 0 Å². The summed E-state index contributed by atoms with van der Waals surface area (Å²) in [6.45, 7) is 0.382. The van der Waals surface area contributed by atoms with Crippen LogP contribution in [0.2, 0.25) is 0 Å². The molecule has 0 bridgehead atoms. The number of nitrogens with zero attached hydrogens (tertiary/aromatic N) is 1. The van der Waals surface area contributed by atoms with E-state index in [9.17, 15) is 17.6 Å². The number of sulfonamides is 1. The fourth-order valence-electron chi connectivity index (χ4n) is 3.77. The van der Waals surface area contributed by atoms with Gasteiger partial charge >= 0.3 is 5.97 Å². The first-order valence-corrected chi connectivity index (χ1v) is 11.0. The van der Waals surface area contributed by atoms with Crippen molar-refractivity contribution in [1.29, 1.82) is 0 Å². The lowest BCUT2D eigenvalue weighted by Gasteiger charge is -2.28. The number of halogens is 1. The molecule has 2 atom stereocenters. The highest BCUT2D eigenvalue weighted by Gasteiger charge is 2.41. The van der Waals surface area contributed by atoms with Crippen LogP contribution in [0.1, 0.15) is 37.3 Å². The van der Waals surface area contributed by atoms with Gasteiger partial charge in [0.15, 0.2) is 0 Å². The average Bonchev–Trinajstić information content (AvgIpc) is 3.13. The maximum Gasteiger partial charge on any atom is 0.303 e. The van der Waals surface area contributed by atoms with E-state index in [1.54, 1.807) is 0 Å². The third-order valence-corrected chi connectivity index (χ3v) is 7.06. The van der Waals surface area contributed by atoms with Gasteiger partial charge in [-0.25, -0.2) is 12.8 Å². The van der Waals surface area contributed by atoms with Crippen LogP contribution >= 0.6 is 0 Å². The van der Waals surface area contributed by atoms with Crippen molar-refractivity contribution in [1.82, 2.24) is 4.31 Å². The van der Waals surface area contributed by atoms with Crippen LogP contribution in [0.15, 0.2) is 71.6 Å². The molecule has 0 spiro atoms. The molecule has 0 aromatic heterocycles. The first-order chi connectivity index (χ1) is 13.9. The van der Waals surface area contributed by atoms with Crippen LogP contribution in [0.3, 0.4) is 0 Å². The molecule has 0 amide bonds. The van der Waals surface area contributed by atoms with Gasteiger partial charge in [0.25, 0.3) is 0 Å². The van der Waals surface area contributed by atoms with Gasteiger partial charge in [0, 0.05) is 13.0 Å². The van der Waals surface area contributed by atoms with Crippen LogP contribution in [0.25, 0.3) is 0 Å². The quantitative estimate of drug-likeness (QED) is 0.647. The standard InChI is InChI=1S/C22H24FNO4S/c23-19-11-13-20(14-12-19)29(27,28)24-16-15-18(9-5-2-6-10-21(25)26)22(24)17-7-3-1-4-8-17/h1-5,7-8,11-14,18,22H,6,9-10,15-16H2,(H,25,26)/b5-2-/t18-,22-/m1/s1. The molecule has 0 radical (unpaired) electrons. The normalized spacial score (nSPS) is 20.3. The molecular weight excluding hydrogens is 393 g/mol. The summed E-state index contributed by atoms with van der Waals surface area (Å²) in [5.74, 6) is -1.24. The van der Waals surface area contributed by atoms with Gasteiger partial charge in [-0.05, 0) is 55.0 Å². The average molecular weight is 418 g/mol. The highest BCUT2D eigenvalue weighted by molar-refractivity contribution is 7.89. The van der Waals surface area contributed by atoms with Crippen molar-refractivity contribution in [3.63, 3.8) is 0 Å². The van der Waals surface area contributed by atoms with Gasteiger partial charge in [0.05, 0.1) is 10.9 Å². The van der Waals surface area contributed by atoms with Crippen molar-refractivity contribution in [2.45, 2.75) is 36.6 Å². The number of carboxylic acid groups (broad SMARTS) is 1. The molecule has 1 aliphatic rings. The Hall–Kier alpha value is -2.51. The smallest absolute Gasteiger partial charge is 0.303 e. The van der Waals surface area contributed by atoms with Crippen molar-refractivity contribution in [3.8, 4) is 0 Å². The Kier molecular flexibility index (Phi) is 6.82. The summed E-state index contributed by atoms with van der Waals surface area (Å²) in [6, 6.07) is 14.1. The summed E-state index contributed by atoms with van der Waals surface area (Å²) in [6.07, 6.45) is 5.67. The fraction of sp³-hybridized carbons (Fsp3) is 0.318. The maximum atomic E-state index is 13.3. The van der Waals surface area contributed by atoms with E-state index < -0.39 is 21.8 Å². The van der Waals surface area contributed by atoms with E-state index >= 15 is 0 Å². The molecule has 1 heterocycles. The highest BCUT2D eigenvalue weighted by Crippen LogP contribution is 2.42. The Labute approximate surface area is 170 Å². The third kappa shape index (κ3) is 5.10. The molecule has 5 nitrogen and oxygen atoms in total. The van der Waals surface area contributed by atoms with E-state index in [4.69, 9.17) is 5.11 Å². The Morgan fingerprint density at radius 2 is 1.79 bits per heavy atom. The lowest BCUT2D eigenvalue weighted by molar-refractivity contribution is -0.136. The van der Waals surface area contributed by atoms with Crippen LogP contribution < -0.4 is 0 Å². The summed E-state index contributed by atoms with van der Waals surface area (Å²) in [5, 5.41) is 8.73. The highest BCUT2D eigenvalue weighted by atomic mass is 32.2. The van der Waals surface area contributed by atoms with Crippen LogP contribution in [0.4, 0.5) is 4.39 Å². The maximum absolute atomic E-state index is 13.3.